The minimum atomic E-state index is -2.87. The van der Waals surface area contributed by atoms with Crippen molar-refractivity contribution in [1.82, 2.24) is 30.1 Å². The van der Waals surface area contributed by atoms with Gasteiger partial charge >= 0.3 is 6.43 Å². The Morgan fingerprint density at radius 3 is 2.62 bits per heavy atom. The molecule has 7 nitrogen and oxygen atoms in total. The van der Waals surface area contributed by atoms with Gasteiger partial charge in [-0.3, -0.25) is 4.90 Å². The van der Waals surface area contributed by atoms with Crippen molar-refractivity contribution in [3.63, 3.8) is 0 Å². The summed E-state index contributed by atoms with van der Waals surface area (Å²) in [6.07, 6.45) is 1.43. The predicted octanol–water partition coefficient (Wildman–Crippen LogP) is 4.78. The largest absolute Gasteiger partial charge is 0.415 e. The van der Waals surface area contributed by atoms with E-state index >= 15 is 0 Å². The van der Waals surface area contributed by atoms with Gasteiger partial charge < -0.3 is 4.42 Å². The van der Waals surface area contributed by atoms with Gasteiger partial charge in [0.05, 0.1) is 17.6 Å². The molecular formula is C21H19F3N6OS. The quantitative estimate of drug-likeness (QED) is 0.395. The molecule has 1 aliphatic rings. The van der Waals surface area contributed by atoms with Gasteiger partial charge in [0.15, 0.2) is 0 Å². The number of likely N-dealkylation sites (tertiary alicyclic amines) is 1. The van der Waals surface area contributed by atoms with Crippen LogP contribution in [0.5, 0.6) is 0 Å². The van der Waals surface area contributed by atoms with Crippen LogP contribution >= 0.6 is 11.3 Å². The summed E-state index contributed by atoms with van der Waals surface area (Å²) in [5.41, 5.74) is 1.35. The minimum absolute atomic E-state index is 0.156. The molecular weight excluding hydrogens is 441 g/mol. The molecule has 11 heteroatoms. The van der Waals surface area contributed by atoms with Crippen molar-refractivity contribution in [1.29, 1.82) is 0 Å². The van der Waals surface area contributed by atoms with Crippen LogP contribution in [0, 0.1) is 5.82 Å². The number of benzene rings is 1. The molecule has 0 radical (unpaired) electrons. The van der Waals surface area contributed by atoms with Gasteiger partial charge in [-0.05, 0) is 50.2 Å². The van der Waals surface area contributed by atoms with Crippen molar-refractivity contribution in [2.24, 2.45) is 0 Å². The lowest BCUT2D eigenvalue weighted by molar-refractivity contribution is 0.116. The molecule has 32 heavy (non-hydrogen) atoms. The average molecular weight is 460 g/mol. The van der Waals surface area contributed by atoms with E-state index in [1.54, 1.807) is 28.3 Å². The van der Waals surface area contributed by atoms with Crippen LogP contribution in [-0.4, -0.2) is 43.2 Å². The number of alkyl halides is 2. The molecule has 0 atom stereocenters. The lowest BCUT2D eigenvalue weighted by Gasteiger charge is -2.12. The summed E-state index contributed by atoms with van der Waals surface area (Å²) in [5.74, 6) is -1.48. The van der Waals surface area contributed by atoms with Gasteiger partial charge in [-0.2, -0.15) is 8.78 Å². The van der Waals surface area contributed by atoms with Crippen LogP contribution in [0.3, 0.4) is 0 Å². The summed E-state index contributed by atoms with van der Waals surface area (Å²) in [7, 11) is 0. The first-order valence-electron chi connectivity index (χ1n) is 10.2. The maximum absolute atomic E-state index is 14.6. The molecule has 1 aliphatic heterocycles. The SMILES string of the molecule is Fc1cc(-c2nnc(C(F)F)o2)ccc1Cn1cc(-c2ccc(CN3CCCC3)s2)nn1. The highest BCUT2D eigenvalue weighted by molar-refractivity contribution is 7.15. The summed E-state index contributed by atoms with van der Waals surface area (Å²) in [4.78, 5) is 4.75. The molecule has 166 valence electrons. The number of hydrogen-bond donors (Lipinski definition) is 0. The third-order valence-electron chi connectivity index (χ3n) is 5.29. The molecule has 1 fully saturated rings. The van der Waals surface area contributed by atoms with Crippen LogP contribution in [0.25, 0.3) is 22.0 Å². The molecule has 4 heterocycles. The second kappa shape index (κ2) is 8.83. The smallest absolute Gasteiger partial charge is 0.314 e. The summed E-state index contributed by atoms with van der Waals surface area (Å²) in [6, 6.07) is 8.42. The number of halogens is 3. The fourth-order valence-electron chi connectivity index (χ4n) is 3.67. The van der Waals surface area contributed by atoms with Gasteiger partial charge in [0.25, 0.3) is 5.89 Å². The molecule has 0 aliphatic carbocycles. The molecule has 1 aromatic carbocycles. The van der Waals surface area contributed by atoms with E-state index in [0.29, 0.717) is 5.56 Å². The van der Waals surface area contributed by atoms with Crippen molar-refractivity contribution in [3.8, 4) is 22.0 Å². The average Bonchev–Trinajstić information content (AvgIpc) is 3.57. The minimum Gasteiger partial charge on any atom is -0.415 e. The first kappa shape index (κ1) is 20.8. The summed E-state index contributed by atoms with van der Waals surface area (Å²) < 4.78 is 46.3. The van der Waals surface area contributed by atoms with E-state index in [2.05, 4.69) is 31.5 Å². The van der Waals surface area contributed by atoms with Crippen LogP contribution in [0.15, 0.2) is 40.9 Å². The summed E-state index contributed by atoms with van der Waals surface area (Å²) in [6.45, 7) is 3.42. The zero-order valence-electron chi connectivity index (χ0n) is 16.9. The topological polar surface area (TPSA) is 72.9 Å². The third-order valence-corrected chi connectivity index (χ3v) is 6.38. The molecule has 4 aromatic rings. The number of thiophene rings is 1. The summed E-state index contributed by atoms with van der Waals surface area (Å²) >= 11 is 1.69. The van der Waals surface area contributed by atoms with Crippen molar-refractivity contribution >= 4 is 11.3 Å². The van der Waals surface area contributed by atoms with Crippen molar-refractivity contribution in [2.45, 2.75) is 32.4 Å². The van der Waals surface area contributed by atoms with Crippen LogP contribution in [0.4, 0.5) is 13.2 Å². The van der Waals surface area contributed by atoms with E-state index in [1.165, 1.54) is 29.9 Å². The molecule has 3 aromatic heterocycles. The number of rotatable bonds is 7. The molecule has 0 bridgehead atoms. The monoisotopic (exact) mass is 460 g/mol. The fraction of sp³-hybridized carbons (Fsp3) is 0.333. The van der Waals surface area contributed by atoms with E-state index in [1.807, 2.05) is 6.07 Å². The van der Waals surface area contributed by atoms with Crippen molar-refractivity contribution < 1.29 is 17.6 Å². The Balaban J connectivity index is 1.27. The lowest BCUT2D eigenvalue weighted by atomic mass is 10.1. The number of hydrogen-bond acceptors (Lipinski definition) is 7. The second-order valence-electron chi connectivity index (χ2n) is 7.60. The Bertz CT molecular complexity index is 1210. The maximum Gasteiger partial charge on any atom is 0.314 e. The Morgan fingerprint density at radius 2 is 1.88 bits per heavy atom. The molecule has 1 saturated heterocycles. The fourth-order valence-corrected chi connectivity index (χ4v) is 4.67. The van der Waals surface area contributed by atoms with E-state index in [0.717, 1.165) is 30.2 Å². The van der Waals surface area contributed by atoms with Gasteiger partial charge in [-0.1, -0.05) is 11.3 Å². The van der Waals surface area contributed by atoms with Gasteiger partial charge in [-0.25, -0.2) is 9.07 Å². The summed E-state index contributed by atoms with van der Waals surface area (Å²) in [5, 5.41) is 15.1. The van der Waals surface area contributed by atoms with E-state index in [-0.39, 0.29) is 18.0 Å². The third kappa shape index (κ3) is 4.44. The Labute approximate surface area is 185 Å². The zero-order chi connectivity index (χ0) is 22.1. The van der Waals surface area contributed by atoms with E-state index in [4.69, 9.17) is 4.42 Å². The first-order valence-corrected chi connectivity index (χ1v) is 11.0. The van der Waals surface area contributed by atoms with E-state index in [9.17, 15) is 13.2 Å². The molecule has 0 amide bonds. The lowest BCUT2D eigenvalue weighted by Crippen LogP contribution is -2.17. The van der Waals surface area contributed by atoms with Crippen LogP contribution in [-0.2, 0) is 13.1 Å². The maximum atomic E-state index is 14.6. The van der Waals surface area contributed by atoms with Gasteiger partial charge in [0.2, 0.25) is 5.89 Å². The van der Waals surface area contributed by atoms with Crippen molar-refractivity contribution in [3.05, 3.63) is 58.7 Å². The van der Waals surface area contributed by atoms with Crippen LogP contribution in [0.1, 0.15) is 35.6 Å². The van der Waals surface area contributed by atoms with Crippen LogP contribution in [0.2, 0.25) is 0 Å². The zero-order valence-corrected chi connectivity index (χ0v) is 17.7. The van der Waals surface area contributed by atoms with Gasteiger partial charge in [0.1, 0.15) is 11.5 Å². The normalized spacial score (nSPS) is 14.6. The predicted molar refractivity (Wildman–Crippen MR) is 112 cm³/mol. The standard InChI is InChI=1S/C21H19F3N6OS/c22-16-9-13(20-26-27-21(31-20)19(23)24)3-4-14(16)10-30-12-17(25-28-30)18-6-5-15(32-18)11-29-7-1-2-8-29/h3-6,9,12,19H,1-2,7-8,10-11H2. The molecule has 5 rings (SSSR count). The Kier molecular flexibility index (Phi) is 5.75. The Hall–Kier alpha value is -3.05. The van der Waals surface area contributed by atoms with Gasteiger partial charge in [0, 0.05) is 22.5 Å². The van der Waals surface area contributed by atoms with E-state index < -0.39 is 18.1 Å². The highest BCUT2D eigenvalue weighted by Gasteiger charge is 2.18. The second-order valence-corrected chi connectivity index (χ2v) is 8.77. The van der Waals surface area contributed by atoms with Gasteiger partial charge in [-0.15, -0.1) is 26.6 Å². The molecule has 0 unspecified atom stereocenters. The highest BCUT2D eigenvalue weighted by atomic mass is 32.1. The highest BCUT2D eigenvalue weighted by Crippen LogP contribution is 2.29. The van der Waals surface area contributed by atoms with Crippen LogP contribution < -0.4 is 0 Å². The number of nitrogens with zero attached hydrogens (tertiary/aromatic N) is 6. The first-order chi connectivity index (χ1) is 15.5. The molecule has 0 saturated carbocycles. The Morgan fingerprint density at radius 1 is 1.03 bits per heavy atom. The number of aromatic nitrogens is 5. The van der Waals surface area contributed by atoms with Crippen molar-refractivity contribution in [2.75, 3.05) is 13.1 Å². The molecule has 0 spiro atoms. The molecule has 0 N–H and O–H groups in total.